The Labute approximate surface area is 209 Å². The van der Waals surface area contributed by atoms with Crippen LogP contribution in [0.5, 0.6) is 0 Å². The number of nitrogens with zero attached hydrogens (tertiary/aromatic N) is 5. The Morgan fingerprint density at radius 2 is 1.54 bits per heavy atom. The van der Waals surface area contributed by atoms with Crippen molar-refractivity contribution in [3.8, 4) is 0 Å². The largest absolute Gasteiger partial charge is 0.354 e. The van der Waals surface area contributed by atoms with Gasteiger partial charge in [-0.05, 0) is 36.6 Å². The Hall–Kier alpha value is -2.93. The van der Waals surface area contributed by atoms with Gasteiger partial charge in [0.2, 0.25) is 11.8 Å². The topological polar surface area (TPSA) is 60.0 Å². The molecule has 4 rings (SSSR count). The van der Waals surface area contributed by atoms with Crippen LogP contribution in [0.1, 0.15) is 51.0 Å². The van der Waals surface area contributed by atoms with Crippen molar-refractivity contribution in [1.29, 1.82) is 0 Å². The fourth-order valence-corrected chi connectivity index (χ4v) is 5.11. The Kier molecular flexibility index (Phi) is 9.12. The molecule has 1 fully saturated rings. The molecule has 1 saturated heterocycles. The Bertz CT molecular complexity index is 959. The number of rotatable bonds is 4. The second-order valence-electron chi connectivity index (χ2n) is 9.65. The highest BCUT2D eigenvalue weighted by molar-refractivity contribution is 5.92. The fraction of sp³-hybridized carbons (Fsp3) is 0.536. The first-order valence-corrected chi connectivity index (χ1v) is 13.1. The number of anilines is 2. The van der Waals surface area contributed by atoms with Crippen LogP contribution in [0, 0.1) is 0 Å². The monoisotopic (exact) mass is 477 g/mol. The van der Waals surface area contributed by atoms with Gasteiger partial charge in [0.1, 0.15) is 5.82 Å². The summed E-state index contributed by atoms with van der Waals surface area (Å²) in [5, 5.41) is 0. The molecule has 1 aromatic heterocycles. The predicted molar refractivity (Wildman–Crippen MR) is 140 cm³/mol. The van der Waals surface area contributed by atoms with Gasteiger partial charge in [-0.3, -0.25) is 14.5 Å². The summed E-state index contributed by atoms with van der Waals surface area (Å²) in [5.74, 6) is 1.30. The summed E-state index contributed by atoms with van der Waals surface area (Å²) in [7, 11) is 0. The second-order valence-corrected chi connectivity index (χ2v) is 9.65. The van der Waals surface area contributed by atoms with E-state index in [9.17, 15) is 9.59 Å². The molecular formula is C28H39N5O2. The predicted octanol–water partition coefficient (Wildman–Crippen LogP) is 3.94. The lowest BCUT2D eigenvalue weighted by molar-refractivity contribution is -0.132. The number of benzene rings is 1. The van der Waals surface area contributed by atoms with E-state index < -0.39 is 0 Å². The molecule has 188 valence electrons. The highest BCUT2D eigenvalue weighted by atomic mass is 16.2. The standard InChI is InChI=1S/C28H39N5O2/c1-24(34)33-17-10-4-2-3-9-16-32(23-25-11-5-6-12-26(25)33)28(35)14-18-30-19-21-31(22-20-30)27-13-7-8-15-29-27/h5-8,11-13,15H,2-4,9-10,14,16-23H2,1H3. The molecule has 2 aromatic rings. The number of amides is 2. The minimum Gasteiger partial charge on any atom is -0.354 e. The second kappa shape index (κ2) is 12.7. The number of pyridine rings is 1. The van der Waals surface area contributed by atoms with Crippen molar-refractivity contribution in [3.63, 3.8) is 0 Å². The molecule has 0 unspecified atom stereocenters. The van der Waals surface area contributed by atoms with Gasteiger partial charge in [0.15, 0.2) is 0 Å². The normalized spacial score (nSPS) is 18.4. The van der Waals surface area contributed by atoms with Gasteiger partial charge in [-0.15, -0.1) is 0 Å². The lowest BCUT2D eigenvalue weighted by Crippen LogP contribution is -2.47. The molecule has 2 amide bonds. The van der Waals surface area contributed by atoms with Gasteiger partial charge in [0.05, 0.1) is 0 Å². The van der Waals surface area contributed by atoms with E-state index in [-0.39, 0.29) is 11.8 Å². The van der Waals surface area contributed by atoms with E-state index in [0.29, 0.717) is 13.0 Å². The average Bonchev–Trinajstić information content (AvgIpc) is 2.88. The third-order valence-electron chi connectivity index (χ3n) is 7.17. The summed E-state index contributed by atoms with van der Waals surface area (Å²) in [6.07, 6.45) is 7.81. The molecule has 0 spiro atoms. The summed E-state index contributed by atoms with van der Waals surface area (Å²) < 4.78 is 0. The molecule has 0 saturated carbocycles. The smallest absolute Gasteiger partial charge is 0.224 e. The minimum atomic E-state index is 0.0669. The number of aromatic nitrogens is 1. The molecule has 1 aromatic carbocycles. The zero-order chi connectivity index (χ0) is 24.5. The Balaban J connectivity index is 1.37. The van der Waals surface area contributed by atoms with Crippen LogP contribution in [0.15, 0.2) is 48.7 Å². The number of hydrogen-bond donors (Lipinski definition) is 0. The molecule has 7 nitrogen and oxygen atoms in total. The fourth-order valence-electron chi connectivity index (χ4n) is 5.11. The lowest BCUT2D eigenvalue weighted by atomic mass is 10.1. The first kappa shape index (κ1) is 25.2. The maximum atomic E-state index is 13.4. The van der Waals surface area contributed by atoms with Crippen LogP contribution in [0.4, 0.5) is 11.5 Å². The zero-order valence-corrected chi connectivity index (χ0v) is 21.1. The summed E-state index contributed by atoms with van der Waals surface area (Å²) in [6.45, 7) is 8.26. The molecule has 2 aliphatic rings. The molecule has 0 atom stereocenters. The molecule has 2 aliphatic heterocycles. The maximum absolute atomic E-state index is 13.4. The number of para-hydroxylation sites is 1. The first-order chi connectivity index (χ1) is 17.1. The highest BCUT2D eigenvalue weighted by Crippen LogP contribution is 2.24. The van der Waals surface area contributed by atoms with Crippen molar-refractivity contribution in [2.75, 3.05) is 55.6 Å². The van der Waals surface area contributed by atoms with Crippen molar-refractivity contribution in [2.24, 2.45) is 0 Å². The van der Waals surface area contributed by atoms with Crippen LogP contribution in [0.25, 0.3) is 0 Å². The number of piperazine rings is 1. The molecule has 3 heterocycles. The molecule has 0 bridgehead atoms. The van der Waals surface area contributed by atoms with E-state index in [0.717, 1.165) is 95.0 Å². The van der Waals surface area contributed by atoms with Crippen LogP contribution < -0.4 is 9.80 Å². The maximum Gasteiger partial charge on any atom is 0.224 e. The molecule has 0 radical (unpaired) electrons. The van der Waals surface area contributed by atoms with Crippen LogP contribution in [0.2, 0.25) is 0 Å². The van der Waals surface area contributed by atoms with Gasteiger partial charge in [-0.1, -0.05) is 43.5 Å². The van der Waals surface area contributed by atoms with E-state index in [1.807, 2.05) is 46.3 Å². The van der Waals surface area contributed by atoms with Gasteiger partial charge in [0.25, 0.3) is 0 Å². The number of hydrogen-bond acceptors (Lipinski definition) is 5. The van der Waals surface area contributed by atoms with Crippen molar-refractivity contribution >= 4 is 23.3 Å². The molecule has 0 aliphatic carbocycles. The summed E-state index contributed by atoms with van der Waals surface area (Å²) in [5.41, 5.74) is 2.00. The third kappa shape index (κ3) is 7.04. The molecular weight excluding hydrogens is 438 g/mol. The molecule has 7 heteroatoms. The quantitative estimate of drug-likeness (QED) is 0.668. The van der Waals surface area contributed by atoms with E-state index in [1.54, 1.807) is 6.92 Å². The average molecular weight is 478 g/mol. The summed E-state index contributed by atoms with van der Waals surface area (Å²) in [6, 6.07) is 14.1. The third-order valence-corrected chi connectivity index (χ3v) is 7.17. The Morgan fingerprint density at radius 1 is 0.829 bits per heavy atom. The van der Waals surface area contributed by atoms with Crippen molar-refractivity contribution in [1.82, 2.24) is 14.8 Å². The van der Waals surface area contributed by atoms with E-state index in [2.05, 4.69) is 26.9 Å². The first-order valence-electron chi connectivity index (χ1n) is 13.1. The van der Waals surface area contributed by atoms with E-state index in [1.165, 1.54) is 0 Å². The highest BCUT2D eigenvalue weighted by Gasteiger charge is 2.22. The number of carbonyl (C=O) groups excluding carboxylic acids is 2. The van der Waals surface area contributed by atoms with Gasteiger partial charge >= 0.3 is 0 Å². The molecule has 0 N–H and O–H groups in total. The Morgan fingerprint density at radius 3 is 2.29 bits per heavy atom. The van der Waals surface area contributed by atoms with E-state index >= 15 is 0 Å². The van der Waals surface area contributed by atoms with Crippen molar-refractivity contribution in [3.05, 3.63) is 54.2 Å². The van der Waals surface area contributed by atoms with Gasteiger partial charge in [-0.2, -0.15) is 0 Å². The number of fused-ring (bicyclic) bond motifs is 1. The van der Waals surface area contributed by atoms with Crippen LogP contribution in [0.3, 0.4) is 0 Å². The summed E-state index contributed by atoms with van der Waals surface area (Å²) in [4.78, 5) is 38.9. The lowest BCUT2D eigenvalue weighted by Gasteiger charge is -2.35. The van der Waals surface area contributed by atoms with Crippen LogP contribution in [-0.4, -0.2) is 72.4 Å². The summed E-state index contributed by atoms with van der Waals surface area (Å²) >= 11 is 0. The minimum absolute atomic E-state index is 0.0669. The van der Waals surface area contributed by atoms with Gasteiger partial charge in [0, 0.05) is 77.6 Å². The number of carbonyl (C=O) groups is 2. The van der Waals surface area contributed by atoms with Crippen molar-refractivity contribution < 1.29 is 9.59 Å². The van der Waals surface area contributed by atoms with Crippen LogP contribution >= 0.6 is 0 Å². The van der Waals surface area contributed by atoms with E-state index in [4.69, 9.17) is 0 Å². The van der Waals surface area contributed by atoms with Crippen molar-refractivity contribution in [2.45, 2.75) is 52.0 Å². The van der Waals surface area contributed by atoms with Gasteiger partial charge in [-0.25, -0.2) is 4.98 Å². The van der Waals surface area contributed by atoms with Crippen LogP contribution in [-0.2, 0) is 16.1 Å². The SMILES string of the molecule is CC(=O)N1CCCCCCCN(C(=O)CCN2CCN(c3ccccn3)CC2)Cc2ccccc21. The zero-order valence-electron chi connectivity index (χ0n) is 21.1. The van der Waals surface area contributed by atoms with Gasteiger partial charge < -0.3 is 14.7 Å². The molecule has 35 heavy (non-hydrogen) atoms.